The van der Waals surface area contributed by atoms with E-state index < -0.39 is 44.9 Å². The molecule has 0 aromatic rings. The lowest BCUT2D eigenvalue weighted by Gasteiger charge is -2.29. The molecule has 0 radical (unpaired) electrons. The minimum Gasteiger partial charge on any atom is -0.756 e. The number of carbonyl (C=O) groups is 1. The van der Waals surface area contributed by atoms with Gasteiger partial charge in [0.05, 0.1) is 58.2 Å². The Hall–Kier alpha value is -1.40. The van der Waals surface area contributed by atoms with Gasteiger partial charge in [0.25, 0.3) is 7.82 Å². The van der Waals surface area contributed by atoms with Crippen LogP contribution >= 0.6 is 7.82 Å². The molecule has 0 aromatic heterocycles. The summed E-state index contributed by atoms with van der Waals surface area (Å²) in [7, 11) is 1.11. The van der Waals surface area contributed by atoms with Gasteiger partial charge in [-0.2, -0.15) is 0 Å². The number of hydrogen-bond donors (Lipinski definition) is 5. The summed E-state index contributed by atoms with van der Waals surface area (Å²) in [5.41, 5.74) is 0. The van der Waals surface area contributed by atoms with Gasteiger partial charge >= 0.3 is 0 Å². The SMILES string of the molecule is CCCCCCCCCCCCCC/C=C/[C@@H](O)[C@H](COP(=O)([O-])OCC[N+](C)(C)C)NC(=O)CCC/C=C/C[C@@H]1[C@@H](/C=C/[C@@H](O)CCCCC)[C@H](O)C[C@@H]1O. The fourth-order valence-corrected chi connectivity index (χ4v) is 7.75. The Morgan fingerprint density at radius 1 is 0.804 bits per heavy atom. The van der Waals surface area contributed by atoms with Gasteiger partial charge in [0.15, 0.2) is 0 Å². The van der Waals surface area contributed by atoms with Gasteiger partial charge in [0, 0.05) is 18.8 Å². The van der Waals surface area contributed by atoms with Crippen molar-refractivity contribution >= 4 is 13.7 Å². The van der Waals surface area contributed by atoms with Crippen molar-refractivity contribution < 1.29 is 48.2 Å². The summed E-state index contributed by atoms with van der Waals surface area (Å²) >= 11 is 0. The van der Waals surface area contributed by atoms with Crippen molar-refractivity contribution in [2.45, 2.75) is 186 Å². The lowest BCUT2D eigenvalue weighted by atomic mass is 9.89. The van der Waals surface area contributed by atoms with Crippen LogP contribution < -0.4 is 10.2 Å². The molecule has 1 rings (SSSR count). The number of aliphatic hydroxyl groups is 4. The predicted octanol–water partition coefficient (Wildman–Crippen LogP) is 7.66. The van der Waals surface area contributed by atoms with Crippen molar-refractivity contribution in [1.82, 2.24) is 5.32 Å². The van der Waals surface area contributed by atoms with Crippen LogP contribution in [0.1, 0.15) is 155 Å². The molecule has 0 aliphatic heterocycles. The number of aliphatic hydroxyl groups excluding tert-OH is 4. The van der Waals surface area contributed by atoms with Crippen LogP contribution in [0.2, 0.25) is 0 Å². The number of quaternary nitrogens is 1. The minimum absolute atomic E-state index is 0.0454. The fraction of sp³-hybridized carbons (Fsp3) is 0.841. The van der Waals surface area contributed by atoms with Crippen molar-refractivity contribution in [1.29, 1.82) is 0 Å². The van der Waals surface area contributed by atoms with E-state index in [0.29, 0.717) is 43.1 Å². The summed E-state index contributed by atoms with van der Waals surface area (Å²) in [6.07, 6.45) is 29.9. The van der Waals surface area contributed by atoms with Crippen LogP contribution in [0.5, 0.6) is 0 Å². The predicted molar refractivity (Wildman–Crippen MR) is 226 cm³/mol. The van der Waals surface area contributed by atoms with E-state index in [2.05, 4.69) is 19.2 Å². The number of phosphoric acid groups is 1. The Kier molecular flexibility index (Phi) is 29.6. The number of carbonyl (C=O) groups excluding carboxylic acids is 1. The van der Waals surface area contributed by atoms with Gasteiger partial charge < -0.3 is 44.2 Å². The highest BCUT2D eigenvalue weighted by molar-refractivity contribution is 7.45. The molecule has 1 aliphatic rings. The number of hydrogen-bond acceptors (Lipinski definition) is 9. The molecular formula is C44H83N2O9P. The maximum absolute atomic E-state index is 12.9. The highest BCUT2D eigenvalue weighted by Crippen LogP contribution is 2.38. The molecule has 1 amide bonds. The molecule has 1 unspecified atom stereocenters. The largest absolute Gasteiger partial charge is 0.756 e. The van der Waals surface area contributed by atoms with Crippen LogP contribution in [0.4, 0.5) is 0 Å². The average Bonchev–Trinajstić information content (AvgIpc) is 3.40. The number of phosphoric ester groups is 1. The normalized spacial score (nSPS) is 22.0. The molecule has 1 saturated carbocycles. The number of likely N-dealkylation sites (N-methyl/N-ethyl adjacent to an activating group) is 1. The van der Waals surface area contributed by atoms with Crippen molar-refractivity contribution in [2.75, 3.05) is 40.9 Å². The molecule has 12 heteroatoms. The van der Waals surface area contributed by atoms with Crippen molar-refractivity contribution in [3.05, 3.63) is 36.5 Å². The first kappa shape index (κ1) is 52.6. The third-order valence-electron chi connectivity index (χ3n) is 10.7. The Morgan fingerprint density at radius 2 is 1.39 bits per heavy atom. The molecule has 8 atom stereocenters. The monoisotopic (exact) mass is 815 g/mol. The summed E-state index contributed by atoms with van der Waals surface area (Å²) in [6, 6.07) is -0.981. The smallest absolute Gasteiger partial charge is 0.268 e. The first-order valence-corrected chi connectivity index (χ1v) is 23.6. The molecule has 5 N–H and O–H groups in total. The second kappa shape index (κ2) is 31.5. The Labute approximate surface area is 341 Å². The van der Waals surface area contributed by atoms with Gasteiger partial charge in [-0.05, 0) is 44.4 Å². The second-order valence-electron chi connectivity index (χ2n) is 17.0. The quantitative estimate of drug-likeness (QED) is 0.0187. The zero-order valence-corrected chi connectivity index (χ0v) is 36.8. The third kappa shape index (κ3) is 27.3. The molecule has 328 valence electrons. The van der Waals surface area contributed by atoms with E-state index in [1.54, 1.807) is 12.2 Å². The molecule has 0 bridgehead atoms. The van der Waals surface area contributed by atoms with Crippen LogP contribution in [-0.2, 0) is 18.4 Å². The number of allylic oxidation sites excluding steroid dienone is 3. The Bertz CT molecular complexity index is 1130. The van der Waals surface area contributed by atoms with Crippen molar-refractivity contribution in [3.63, 3.8) is 0 Å². The van der Waals surface area contributed by atoms with E-state index in [1.807, 2.05) is 45.4 Å². The molecular weight excluding hydrogens is 731 g/mol. The van der Waals surface area contributed by atoms with E-state index in [4.69, 9.17) is 9.05 Å². The molecule has 11 nitrogen and oxygen atoms in total. The minimum atomic E-state index is -4.65. The highest BCUT2D eigenvalue weighted by Gasteiger charge is 2.39. The first-order chi connectivity index (χ1) is 26.7. The van der Waals surface area contributed by atoms with Gasteiger partial charge in [0.1, 0.15) is 13.2 Å². The Morgan fingerprint density at radius 3 is 2.02 bits per heavy atom. The number of rotatable bonds is 35. The van der Waals surface area contributed by atoms with Crippen LogP contribution in [-0.4, -0.2) is 102 Å². The zero-order valence-electron chi connectivity index (χ0n) is 35.9. The van der Waals surface area contributed by atoms with Gasteiger partial charge in [-0.25, -0.2) is 0 Å². The summed E-state index contributed by atoms with van der Waals surface area (Å²) in [4.78, 5) is 25.4. The lowest BCUT2D eigenvalue weighted by molar-refractivity contribution is -0.870. The van der Waals surface area contributed by atoms with E-state index >= 15 is 0 Å². The molecule has 1 aliphatic carbocycles. The molecule has 1 fully saturated rings. The number of unbranched alkanes of at least 4 members (excludes halogenated alkanes) is 15. The fourth-order valence-electron chi connectivity index (χ4n) is 7.03. The maximum atomic E-state index is 12.9. The molecule has 0 aromatic carbocycles. The lowest BCUT2D eigenvalue weighted by Crippen LogP contribution is -2.45. The number of nitrogens with one attached hydrogen (secondary N) is 1. The van der Waals surface area contributed by atoms with E-state index in [9.17, 15) is 34.7 Å². The van der Waals surface area contributed by atoms with Crippen LogP contribution in [0, 0.1) is 11.8 Å². The van der Waals surface area contributed by atoms with Crippen molar-refractivity contribution in [3.8, 4) is 0 Å². The van der Waals surface area contributed by atoms with Crippen molar-refractivity contribution in [2.24, 2.45) is 11.8 Å². The highest BCUT2D eigenvalue weighted by atomic mass is 31.2. The van der Waals surface area contributed by atoms with E-state index in [-0.39, 0.29) is 30.8 Å². The maximum Gasteiger partial charge on any atom is 0.268 e. The van der Waals surface area contributed by atoms with Gasteiger partial charge in [-0.1, -0.05) is 140 Å². The van der Waals surface area contributed by atoms with Crippen LogP contribution in [0.3, 0.4) is 0 Å². The van der Waals surface area contributed by atoms with E-state index in [0.717, 1.165) is 38.5 Å². The number of nitrogens with zero attached hydrogens (tertiary/aromatic N) is 1. The molecule has 0 heterocycles. The summed E-state index contributed by atoms with van der Waals surface area (Å²) in [5.74, 6) is -0.728. The average molecular weight is 815 g/mol. The molecule has 0 saturated heterocycles. The standard InChI is InChI=1S/C44H83N2O9P/c1-6-8-10-11-12-13-14-15-16-17-18-19-20-25-29-41(48)40(36-55-56(52,53)54-34-33-46(3,4)5)45-44(51)30-26-22-21-24-28-38-39(43(50)35-42(38)49)32-31-37(47)27-23-9-7-2/h21,24-25,29,31-32,37-43,47-50H,6-20,22-23,26-28,30,33-36H2,1-5H3,(H-,45,51,52,53)/b24-21+,29-25+,32-31+/t37-,38+,39+,40-,41+,42-,43+/m0/s1. The van der Waals surface area contributed by atoms with Gasteiger partial charge in [-0.15, -0.1) is 0 Å². The molecule has 0 spiro atoms. The van der Waals surface area contributed by atoms with Crippen LogP contribution in [0.25, 0.3) is 0 Å². The Balaban J connectivity index is 2.59. The summed E-state index contributed by atoms with van der Waals surface area (Å²) < 4.78 is 23.2. The molecule has 56 heavy (non-hydrogen) atoms. The second-order valence-corrected chi connectivity index (χ2v) is 18.4. The van der Waals surface area contributed by atoms with Crippen LogP contribution in [0.15, 0.2) is 36.5 Å². The van der Waals surface area contributed by atoms with E-state index in [1.165, 1.54) is 64.2 Å². The van der Waals surface area contributed by atoms with Gasteiger partial charge in [0.2, 0.25) is 5.91 Å². The number of amides is 1. The topological polar surface area (TPSA) is 169 Å². The third-order valence-corrected chi connectivity index (χ3v) is 11.6. The zero-order chi connectivity index (χ0) is 41.7. The summed E-state index contributed by atoms with van der Waals surface area (Å²) in [5, 5.41) is 45.1. The summed E-state index contributed by atoms with van der Waals surface area (Å²) in [6.45, 7) is 4.32. The first-order valence-electron chi connectivity index (χ1n) is 22.1. The van der Waals surface area contributed by atoms with Gasteiger partial charge in [-0.3, -0.25) is 9.36 Å².